The molecule has 0 aromatic heterocycles. The van der Waals surface area contributed by atoms with Gasteiger partial charge in [0, 0.05) is 51.5 Å². The molecule has 0 bridgehead atoms. The van der Waals surface area contributed by atoms with Crippen LogP contribution in [0.15, 0.2) is 53.6 Å². The molecule has 0 radical (unpaired) electrons. The average Bonchev–Trinajstić information content (AvgIpc) is 3.27. The highest BCUT2D eigenvalue weighted by atomic mass is 16.6. The number of ether oxygens (including phenoxy) is 5. The van der Waals surface area contributed by atoms with Gasteiger partial charge in [0.15, 0.2) is 6.10 Å². The third kappa shape index (κ3) is 7.62. The van der Waals surface area contributed by atoms with Crippen LogP contribution in [0.4, 0.5) is 0 Å². The molecule has 1 N–H and O–H groups in total. The summed E-state index contributed by atoms with van der Waals surface area (Å²) in [5.41, 5.74) is -2.28. The zero-order valence-electron chi connectivity index (χ0n) is 31.4. The molecule has 2 saturated carbocycles. The number of esters is 5. The molecule has 0 heterocycles. The van der Waals surface area contributed by atoms with Gasteiger partial charge in [-0.25, -0.2) is 0 Å². The molecule has 3 aliphatic carbocycles. The summed E-state index contributed by atoms with van der Waals surface area (Å²) in [6.07, 6.45) is -4.88. The van der Waals surface area contributed by atoms with Crippen LogP contribution in [0.25, 0.3) is 0 Å². The first-order chi connectivity index (χ1) is 23.6. The molecule has 9 atom stereocenters. The van der Waals surface area contributed by atoms with Gasteiger partial charge >= 0.3 is 29.8 Å². The van der Waals surface area contributed by atoms with Crippen LogP contribution in [-0.2, 0) is 47.7 Å². The van der Waals surface area contributed by atoms with Crippen molar-refractivity contribution in [2.75, 3.05) is 14.1 Å². The quantitative estimate of drug-likeness (QED) is 0.202. The smallest absolute Gasteiger partial charge is 0.308 e. The Bertz CT molecular complexity index is 1580. The van der Waals surface area contributed by atoms with Crippen LogP contribution < -0.4 is 0 Å². The zero-order chi connectivity index (χ0) is 38.2. The van der Waals surface area contributed by atoms with E-state index in [0.29, 0.717) is 16.7 Å². The first-order valence-corrected chi connectivity index (χ1v) is 17.4. The highest BCUT2D eigenvalue weighted by Gasteiger charge is 2.72. The predicted molar refractivity (Wildman–Crippen MR) is 186 cm³/mol. The van der Waals surface area contributed by atoms with Gasteiger partial charge in [0.1, 0.15) is 24.4 Å². The molecule has 51 heavy (non-hydrogen) atoms. The van der Waals surface area contributed by atoms with Crippen LogP contribution in [0.3, 0.4) is 0 Å². The summed E-state index contributed by atoms with van der Waals surface area (Å²) in [6, 6.07) is 9.34. The van der Waals surface area contributed by atoms with Crippen molar-refractivity contribution < 1.29 is 52.8 Å². The van der Waals surface area contributed by atoms with E-state index >= 15 is 0 Å². The van der Waals surface area contributed by atoms with Crippen LogP contribution in [0, 0.1) is 16.7 Å². The normalized spacial score (nSPS) is 31.1. The molecule has 4 rings (SSSR count). The lowest BCUT2D eigenvalue weighted by Crippen LogP contribution is -2.60. The van der Waals surface area contributed by atoms with Crippen molar-refractivity contribution in [3.05, 3.63) is 59.2 Å². The van der Waals surface area contributed by atoms with Crippen molar-refractivity contribution in [1.29, 1.82) is 0 Å². The molecule has 0 spiro atoms. The fourth-order valence-electron chi connectivity index (χ4n) is 8.93. The third-order valence-corrected chi connectivity index (χ3v) is 11.1. The number of benzene rings is 1. The van der Waals surface area contributed by atoms with Crippen LogP contribution in [0.5, 0.6) is 0 Å². The summed E-state index contributed by atoms with van der Waals surface area (Å²) in [4.78, 5) is 66.9. The maximum absolute atomic E-state index is 13.7. The molecule has 1 aromatic rings. The minimum atomic E-state index is -1.72. The lowest BCUT2D eigenvalue weighted by molar-refractivity contribution is -0.193. The van der Waals surface area contributed by atoms with E-state index in [2.05, 4.69) is 6.58 Å². The Hall–Kier alpha value is -4.03. The maximum atomic E-state index is 13.7. The van der Waals surface area contributed by atoms with Gasteiger partial charge in [-0.1, -0.05) is 43.8 Å². The average molecular weight is 712 g/mol. The number of carbonyl (C=O) groups excluding carboxylic acids is 5. The molecule has 1 unspecified atom stereocenters. The zero-order valence-corrected chi connectivity index (χ0v) is 31.4. The fraction of sp³-hybridized carbons (Fsp3) is 0.615. The lowest BCUT2D eigenvalue weighted by atomic mass is 9.55. The first kappa shape index (κ1) is 39.8. The number of nitrogens with zero attached hydrogens (tertiary/aromatic N) is 1. The topological polar surface area (TPSA) is 155 Å². The summed E-state index contributed by atoms with van der Waals surface area (Å²) in [5, 5.41) is 12.3. The lowest BCUT2D eigenvalue weighted by Gasteiger charge is -2.54. The van der Waals surface area contributed by atoms with Crippen LogP contribution in [0.2, 0.25) is 0 Å². The molecule has 1 aromatic carbocycles. The van der Waals surface area contributed by atoms with Gasteiger partial charge in [-0.2, -0.15) is 0 Å². The largest absolute Gasteiger partial charge is 0.461 e. The summed E-state index contributed by atoms with van der Waals surface area (Å²) < 4.78 is 30.4. The number of fused-ring (bicyclic) bond motifs is 2. The second-order valence-corrected chi connectivity index (χ2v) is 15.2. The molecular weight excluding hydrogens is 658 g/mol. The second kappa shape index (κ2) is 14.9. The Labute approximate surface area is 300 Å². The van der Waals surface area contributed by atoms with Crippen LogP contribution >= 0.6 is 0 Å². The number of rotatable bonds is 10. The predicted octanol–water partition coefficient (Wildman–Crippen LogP) is 4.78. The van der Waals surface area contributed by atoms with Crippen molar-refractivity contribution in [2.24, 2.45) is 16.7 Å². The van der Waals surface area contributed by atoms with E-state index in [0.717, 1.165) is 5.56 Å². The van der Waals surface area contributed by atoms with Crippen LogP contribution in [0.1, 0.15) is 92.7 Å². The van der Waals surface area contributed by atoms with Gasteiger partial charge < -0.3 is 33.7 Å². The molecular formula is C39H53NO11. The Kier molecular flexibility index (Phi) is 11.6. The van der Waals surface area contributed by atoms with Gasteiger partial charge in [-0.05, 0) is 70.0 Å². The Morgan fingerprint density at radius 3 is 1.94 bits per heavy atom. The van der Waals surface area contributed by atoms with Crippen molar-refractivity contribution >= 4 is 29.8 Å². The number of hydrogen-bond donors (Lipinski definition) is 1. The number of aliphatic hydroxyl groups is 1. The molecule has 0 saturated heterocycles. The van der Waals surface area contributed by atoms with Crippen molar-refractivity contribution in [2.45, 2.75) is 123 Å². The molecule has 3 aliphatic rings. The SMILES string of the molecule is C=C1[C@@H](OC(=O)CC(c2ccccc2)N(C)C)CC[C@@]2(C)[C@@H](OC(C)=O)[C@H](OC(C)=O)C3=C(C)[C@@H](OC(C)=O)C[C@@]3(C(C)(C)O)[C@@H](OC(C)=O)[C@H]12. The van der Waals surface area contributed by atoms with Gasteiger partial charge in [0.05, 0.1) is 17.4 Å². The van der Waals surface area contributed by atoms with Gasteiger partial charge in [0.2, 0.25) is 0 Å². The van der Waals surface area contributed by atoms with E-state index in [-0.39, 0.29) is 31.7 Å². The van der Waals surface area contributed by atoms with Crippen molar-refractivity contribution in [1.82, 2.24) is 4.90 Å². The van der Waals surface area contributed by atoms with Gasteiger partial charge in [-0.3, -0.25) is 24.0 Å². The molecule has 280 valence electrons. The summed E-state index contributed by atoms with van der Waals surface area (Å²) in [6.45, 7) is 16.1. The Balaban J connectivity index is 1.93. The number of carbonyl (C=O) groups is 5. The third-order valence-electron chi connectivity index (χ3n) is 11.1. The molecule has 12 nitrogen and oxygen atoms in total. The van der Waals surface area contributed by atoms with Gasteiger partial charge in [0.25, 0.3) is 0 Å². The van der Waals surface area contributed by atoms with E-state index in [9.17, 15) is 29.1 Å². The van der Waals surface area contributed by atoms with Crippen molar-refractivity contribution in [3.8, 4) is 0 Å². The van der Waals surface area contributed by atoms with E-state index in [1.54, 1.807) is 20.8 Å². The van der Waals surface area contributed by atoms with E-state index in [4.69, 9.17) is 23.7 Å². The minimum Gasteiger partial charge on any atom is -0.461 e. The number of hydrogen-bond acceptors (Lipinski definition) is 12. The Morgan fingerprint density at radius 2 is 1.43 bits per heavy atom. The maximum Gasteiger partial charge on any atom is 0.308 e. The molecule has 12 heteroatoms. The van der Waals surface area contributed by atoms with Crippen LogP contribution in [-0.4, -0.2) is 90.1 Å². The van der Waals surface area contributed by atoms with Crippen molar-refractivity contribution in [3.63, 3.8) is 0 Å². The molecule has 0 amide bonds. The summed E-state index contributed by atoms with van der Waals surface area (Å²) in [7, 11) is 3.77. The Morgan fingerprint density at radius 1 is 0.882 bits per heavy atom. The standard InChI is InChI=1S/C39H53NO11/c1-21-29(51-31(45)19-28(40(10)11)27-15-13-12-14-16-27)17-18-38(9)33(21)35(49-25(5)43)39(37(7,8)46)20-30(47-23(3)41)22(2)32(39)34(48-24(4)42)36(38)50-26(6)44/h12-16,28-30,33-36,46H,1,17-20H2,2-11H3/t28?,29-,30-,33-,34+,35-,36-,38+,39-/m0/s1. The second-order valence-electron chi connectivity index (χ2n) is 15.2. The van der Waals surface area contributed by atoms with Gasteiger partial charge in [-0.15, -0.1) is 0 Å². The van der Waals surface area contributed by atoms with E-state index in [1.165, 1.54) is 27.7 Å². The fourth-order valence-corrected chi connectivity index (χ4v) is 8.93. The molecule has 2 fully saturated rings. The van der Waals surface area contributed by atoms with E-state index < -0.39 is 82.7 Å². The highest BCUT2D eigenvalue weighted by molar-refractivity contribution is 5.72. The first-order valence-electron chi connectivity index (χ1n) is 17.4. The van der Waals surface area contributed by atoms with E-state index in [1.807, 2.05) is 56.3 Å². The minimum absolute atomic E-state index is 0.0461. The monoisotopic (exact) mass is 711 g/mol. The molecule has 0 aliphatic heterocycles. The highest BCUT2D eigenvalue weighted by Crippen LogP contribution is 2.66. The summed E-state index contributed by atoms with van der Waals surface area (Å²) >= 11 is 0. The summed E-state index contributed by atoms with van der Waals surface area (Å²) in [5.74, 6) is -3.97.